The molecule has 0 radical (unpaired) electrons. The van der Waals surface area contributed by atoms with Crippen LogP contribution in [0.5, 0.6) is 0 Å². The molecule has 1 aromatic heterocycles. The van der Waals surface area contributed by atoms with Gasteiger partial charge in [-0.1, -0.05) is 16.8 Å². The molecule has 4 nitrogen and oxygen atoms in total. The topological polar surface area (TPSA) is 63.3 Å². The number of fused-ring (bicyclic) bond motifs is 1. The molecule has 0 bridgehead atoms. The van der Waals surface area contributed by atoms with Crippen molar-refractivity contribution in [3.8, 4) is 0 Å². The van der Waals surface area contributed by atoms with Crippen LogP contribution in [0.3, 0.4) is 0 Å². The number of halogens is 1. The average molecular weight is 240 g/mol. The standard InChI is InChI=1S/C11H10ClNO3/c1-6-9-5-8(12)4-7(2-3-10(14)15)11(9)16-13-6/h4-5H,2-3H2,1H3,(H,14,15). The van der Waals surface area contributed by atoms with E-state index in [1.54, 1.807) is 12.1 Å². The predicted octanol–water partition coefficient (Wildman–Crippen LogP) is 2.81. The van der Waals surface area contributed by atoms with Crippen molar-refractivity contribution in [2.45, 2.75) is 19.8 Å². The normalized spacial score (nSPS) is 10.9. The number of carboxylic acids is 1. The van der Waals surface area contributed by atoms with Crippen LogP contribution in [0.25, 0.3) is 11.0 Å². The number of carboxylic acid groups (broad SMARTS) is 1. The first-order valence-electron chi connectivity index (χ1n) is 4.84. The van der Waals surface area contributed by atoms with Gasteiger partial charge in [-0.3, -0.25) is 4.79 Å². The first-order chi connectivity index (χ1) is 7.58. The van der Waals surface area contributed by atoms with E-state index in [0.29, 0.717) is 17.0 Å². The zero-order chi connectivity index (χ0) is 11.7. The van der Waals surface area contributed by atoms with Crippen LogP contribution in [-0.2, 0) is 11.2 Å². The highest BCUT2D eigenvalue weighted by Crippen LogP contribution is 2.27. The lowest BCUT2D eigenvalue weighted by Gasteiger charge is -2.00. The van der Waals surface area contributed by atoms with E-state index in [0.717, 1.165) is 16.6 Å². The zero-order valence-electron chi connectivity index (χ0n) is 8.66. The van der Waals surface area contributed by atoms with Gasteiger partial charge in [-0.2, -0.15) is 0 Å². The maximum absolute atomic E-state index is 10.5. The number of benzene rings is 1. The Kier molecular flexibility index (Phi) is 2.83. The van der Waals surface area contributed by atoms with E-state index in [4.69, 9.17) is 21.2 Å². The van der Waals surface area contributed by atoms with Gasteiger partial charge >= 0.3 is 5.97 Å². The summed E-state index contributed by atoms with van der Waals surface area (Å²) in [7, 11) is 0. The summed E-state index contributed by atoms with van der Waals surface area (Å²) in [6.45, 7) is 1.82. The molecular weight excluding hydrogens is 230 g/mol. The molecule has 0 aliphatic rings. The predicted molar refractivity (Wildman–Crippen MR) is 59.7 cm³/mol. The molecule has 2 aromatic rings. The molecule has 16 heavy (non-hydrogen) atoms. The summed E-state index contributed by atoms with van der Waals surface area (Å²) in [6.07, 6.45) is 0.441. The summed E-state index contributed by atoms with van der Waals surface area (Å²) in [4.78, 5) is 10.5. The number of hydrogen-bond donors (Lipinski definition) is 1. The molecule has 0 fully saturated rings. The van der Waals surface area contributed by atoms with Gasteiger partial charge in [-0.15, -0.1) is 0 Å². The van der Waals surface area contributed by atoms with E-state index >= 15 is 0 Å². The number of aliphatic carboxylic acids is 1. The molecule has 5 heteroatoms. The van der Waals surface area contributed by atoms with Crippen molar-refractivity contribution in [3.05, 3.63) is 28.4 Å². The lowest BCUT2D eigenvalue weighted by atomic mass is 10.1. The van der Waals surface area contributed by atoms with Gasteiger partial charge < -0.3 is 9.63 Å². The van der Waals surface area contributed by atoms with Crippen molar-refractivity contribution in [2.24, 2.45) is 0 Å². The lowest BCUT2D eigenvalue weighted by Crippen LogP contribution is -1.97. The Morgan fingerprint density at radius 2 is 2.31 bits per heavy atom. The molecule has 0 unspecified atom stereocenters. The molecular formula is C11H10ClNO3. The van der Waals surface area contributed by atoms with E-state index in [2.05, 4.69) is 5.16 Å². The third-order valence-corrected chi connectivity index (χ3v) is 2.62. The first kappa shape index (κ1) is 11.0. The largest absolute Gasteiger partial charge is 0.481 e. The molecule has 0 spiro atoms. The minimum Gasteiger partial charge on any atom is -0.481 e. The number of aromatic nitrogens is 1. The number of aryl methyl sites for hydroxylation is 2. The average Bonchev–Trinajstić information content (AvgIpc) is 2.57. The first-order valence-corrected chi connectivity index (χ1v) is 5.22. The molecule has 1 aromatic carbocycles. The Morgan fingerprint density at radius 3 is 3.00 bits per heavy atom. The fourth-order valence-corrected chi connectivity index (χ4v) is 1.86. The Labute approximate surface area is 96.8 Å². The van der Waals surface area contributed by atoms with Crippen molar-refractivity contribution in [1.29, 1.82) is 0 Å². The molecule has 0 aliphatic heterocycles. The zero-order valence-corrected chi connectivity index (χ0v) is 9.41. The van der Waals surface area contributed by atoms with Crippen LogP contribution in [0, 0.1) is 6.92 Å². The lowest BCUT2D eigenvalue weighted by molar-refractivity contribution is -0.136. The Morgan fingerprint density at radius 1 is 1.56 bits per heavy atom. The van der Waals surface area contributed by atoms with Gasteiger partial charge in [0.2, 0.25) is 0 Å². The Balaban J connectivity index is 2.46. The summed E-state index contributed by atoms with van der Waals surface area (Å²) in [5.74, 6) is -0.843. The van der Waals surface area contributed by atoms with Crippen molar-refractivity contribution >= 4 is 28.5 Å². The van der Waals surface area contributed by atoms with Crippen LogP contribution in [0.2, 0.25) is 5.02 Å². The molecule has 0 saturated carbocycles. The van der Waals surface area contributed by atoms with Gasteiger partial charge in [0.1, 0.15) is 0 Å². The van der Waals surface area contributed by atoms with Crippen LogP contribution >= 0.6 is 11.6 Å². The van der Waals surface area contributed by atoms with E-state index in [9.17, 15) is 4.79 Å². The summed E-state index contributed by atoms with van der Waals surface area (Å²) >= 11 is 5.95. The van der Waals surface area contributed by atoms with E-state index in [-0.39, 0.29) is 6.42 Å². The van der Waals surface area contributed by atoms with Crippen molar-refractivity contribution < 1.29 is 14.4 Å². The molecule has 1 heterocycles. The highest BCUT2D eigenvalue weighted by Gasteiger charge is 2.11. The number of hydrogen-bond acceptors (Lipinski definition) is 3. The molecule has 0 aliphatic carbocycles. The second kappa shape index (κ2) is 4.14. The van der Waals surface area contributed by atoms with Gasteiger partial charge in [0.15, 0.2) is 5.58 Å². The van der Waals surface area contributed by atoms with Crippen LogP contribution in [-0.4, -0.2) is 16.2 Å². The highest BCUT2D eigenvalue weighted by atomic mass is 35.5. The van der Waals surface area contributed by atoms with Gasteiger partial charge in [0.05, 0.1) is 5.69 Å². The third kappa shape index (κ3) is 2.02. The fourth-order valence-electron chi connectivity index (χ4n) is 1.62. The summed E-state index contributed by atoms with van der Waals surface area (Å²) in [6, 6.07) is 3.49. The molecule has 0 saturated heterocycles. The van der Waals surface area contributed by atoms with E-state index in [1.165, 1.54) is 0 Å². The smallest absolute Gasteiger partial charge is 0.303 e. The monoisotopic (exact) mass is 239 g/mol. The quantitative estimate of drug-likeness (QED) is 0.895. The van der Waals surface area contributed by atoms with Gasteiger partial charge in [-0.25, -0.2) is 0 Å². The fraction of sp³-hybridized carbons (Fsp3) is 0.273. The highest BCUT2D eigenvalue weighted by molar-refractivity contribution is 6.31. The number of rotatable bonds is 3. The minimum atomic E-state index is -0.843. The molecule has 84 valence electrons. The summed E-state index contributed by atoms with van der Waals surface area (Å²) in [5.41, 5.74) is 2.17. The number of carbonyl (C=O) groups is 1. The summed E-state index contributed by atoms with van der Waals surface area (Å²) in [5, 5.41) is 13.9. The van der Waals surface area contributed by atoms with Crippen LogP contribution < -0.4 is 0 Å². The minimum absolute atomic E-state index is 0.0508. The third-order valence-electron chi connectivity index (χ3n) is 2.40. The molecule has 0 amide bonds. The Hall–Kier alpha value is -1.55. The second-order valence-corrected chi connectivity index (χ2v) is 4.04. The van der Waals surface area contributed by atoms with E-state index in [1.807, 2.05) is 6.92 Å². The van der Waals surface area contributed by atoms with Crippen molar-refractivity contribution in [3.63, 3.8) is 0 Å². The molecule has 1 N–H and O–H groups in total. The van der Waals surface area contributed by atoms with Gasteiger partial charge in [0.25, 0.3) is 0 Å². The Bertz CT molecular complexity index is 547. The van der Waals surface area contributed by atoms with Crippen LogP contribution in [0.4, 0.5) is 0 Å². The molecule has 2 rings (SSSR count). The molecule has 0 atom stereocenters. The SMILES string of the molecule is Cc1noc2c(CCC(=O)O)cc(Cl)cc12. The van der Waals surface area contributed by atoms with Gasteiger partial charge in [0, 0.05) is 22.4 Å². The van der Waals surface area contributed by atoms with Gasteiger partial charge in [-0.05, 0) is 25.5 Å². The van der Waals surface area contributed by atoms with Crippen LogP contribution in [0.15, 0.2) is 16.7 Å². The van der Waals surface area contributed by atoms with E-state index < -0.39 is 5.97 Å². The van der Waals surface area contributed by atoms with Crippen molar-refractivity contribution in [1.82, 2.24) is 5.16 Å². The maximum Gasteiger partial charge on any atom is 0.303 e. The second-order valence-electron chi connectivity index (χ2n) is 3.60. The van der Waals surface area contributed by atoms with Crippen LogP contribution in [0.1, 0.15) is 17.7 Å². The van der Waals surface area contributed by atoms with Crippen molar-refractivity contribution in [2.75, 3.05) is 0 Å². The summed E-state index contributed by atoms with van der Waals surface area (Å²) < 4.78 is 5.17. The maximum atomic E-state index is 10.5. The number of nitrogens with zero attached hydrogens (tertiary/aromatic N) is 1.